The van der Waals surface area contributed by atoms with Gasteiger partial charge in [-0.15, -0.1) is 0 Å². The monoisotopic (exact) mass is 297 g/mol. The molecule has 0 aromatic heterocycles. The number of piperidine rings is 1. The first kappa shape index (κ1) is 15.7. The van der Waals surface area contributed by atoms with E-state index in [4.69, 9.17) is 0 Å². The molecule has 0 bridgehead atoms. The van der Waals surface area contributed by atoms with Gasteiger partial charge in [0.15, 0.2) is 0 Å². The maximum atomic E-state index is 12.1. The van der Waals surface area contributed by atoms with Crippen molar-refractivity contribution >= 4 is 5.91 Å². The van der Waals surface area contributed by atoms with E-state index in [1.165, 1.54) is 12.1 Å². The van der Waals surface area contributed by atoms with Gasteiger partial charge < -0.3 is 9.64 Å². The molecule has 1 amide bonds. The van der Waals surface area contributed by atoms with E-state index >= 15 is 0 Å². The molecule has 3 nitrogen and oxygen atoms in total. The third-order valence-electron chi connectivity index (χ3n) is 3.91. The number of amides is 1. The summed E-state index contributed by atoms with van der Waals surface area (Å²) in [7, 11) is 0. The lowest BCUT2D eigenvalue weighted by Gasteiger charge is -2.30. The molecule has 1 aliphatic heterocycles. The number of nitrogens with zero attached hydrogens (tertiary/aromatic N) is 1. The first-order valence-electron chi connectivity index (χ1n) is 7.36. The van der Waals surface area contributed by atoms with Crippen molar-refractivity contribution < 1.29 is 18.3 Å². The highest BCUT2D eigenvalue weighted by molar-refractivity contribution is 5.76. The number of carbonyl (C=O) groups is 1. The van der Waals surface area contributed by atoms with E-state index in [-0.39, 0.29) is 11.7 Å². The standard InChI is InChI=1S/C16H21F2NO2/c1-12-8-10-19(11-9-12)15(20)7-4-13-2-5-14(6-3-13)21-16(17)18/h2-3,5-6,12,16H,4,7-11H2,1H3. The Hall–Kier alpha value is -1.65. The van der Waals surface area contributed by atoms with Crippen LogP contribution in [0.25, 0.3) is 0 Å². The van der Waals surface area contributed by atoms with Gasteiger partial charge in [0, 0.05) is 19.5 Å². The second-order valence-electron chi connectivity index (χ2n) is 5.59. The zero-order valence-corrected chi connectivity index (χ0v) is 12.2. The fraction of sp³-hybridized carbons (Fsp3) is 0.562. The summed E-state index contributed by atoms with van der Waals surface area (Å²) >= 11 is 0. The average molecular weight is 297 g/mol. The maximum absolute atomic E-state index is 12.1. The summed E-state index contributed by atoms with van der Waals surface area (Å²) in [6.45, 7) is 1.10. The number of alkyl halides is 2. The number of likely N-dealkylation sites (tertiary alicyclic amines) is 1. The second-order valence-corrected chi connectivity index (χ2v) is 5.59. The van der Waals surface area contributed by atoms with E-state index in [1.54, 1.807) is 12.1 Å². The largest absolute Gasteiger partial charge is 0.435 e. The Bertz CT molecular complexity index is 454. The quantitative estimate of drug-likeness (QED) is 0.832. The van der Waals surface area contributed by atoms with E-state index < -0.39 is 6.61 Å². The van der Waals surface area contributed by atoms with Gasteiger partial charge in [-0.2, -0.15) is 8.78 Å². The summed E-state index contributed by atoms with van der Waals surface area (Å²) in [4.78, 5) is 14.0. The molecule has 116 valence electrons. The number of rotatable bonds is 5. The Morgan fingerprint density at radius 2 is 1.90 bits per heavy atom. The minimum atomic E-state index is -2.81. The third-order valence-corrected chi connectivity index (χ3v) is 3.91. The molecule has 0 spiro atoms. The fourth-order valence-electron chi connectivity index (χ4n) is 2.50. The predicted molar refractivity (Wildman–Crippen MR) is 76.4 cm³/mol. The van der Waals surface area contributed by atoms with Crippen LogP contribution in [0.15, 0.2) is 24.3 Å². The lowest BCUT2D eigenvalue weighted by Crippen LogP contribution is -2.37. The normalized spacial score (nSPS) is 16.3. The summed E-state index contributed by atoms with van der Waals surface area (Å²) < 4.78 is 28.4. The van der Waals surface area contributed by atoms with E-state index in [9.17, 15) is 13.6 Å². The SMILES string of the molecule is CC1CCN(C(=O)CCc2ccc(OC(F)F)cc2)CC1. The number of halogens is 2. The lowest BCUT2D eigenvalue weighted by atomic mass is 9.98. The van der Waals surface area contributed by atoms with Crippen LogP contribution in [-0.4, -0.2) is 30.5 Å². The molecule has 2 rings (SSSR count). The molecule has 0 saturated carbocycles. The molecule has 1 heterocycles. The first-order valence-corrected chi connectivity index (χ1v) is 7.36. The van der Waals surface area contributed by atoms with Gasteiger partial charge in [-0.3, -0.25) is 4.79 Å². The Morgan fingerprint density at radius 3 is 2.48 bits per heavy atom. The van der Waals surface area contributed by atoms with Gasteiger partial charge >= 0.3 is 6.61 Å². The average Bonchev–Trinajstić information content (AvgIpc) is 2.46. The summed E-state index contributed by atoms with van der Waals surface area (Å²) in [5, 5.41) is 0. The van der Waals surface area contributed by atoms with Crippen LogP contribution in [-0.2, 0) is 11.2 Å². The zero-order valence-electron chi connectivity index (χ0n) is 12.2. The number of benzene rings is 1. The molecule has 1 fully saturated rings. The summed E-state index contributed by atoms with van der Waals surface area (Å²) in [6, 6.07) is 6.47. The van der Waals surface area contributed by atoms with Crippen molar-refractivity contribution in [2.75, 3.05) is 13.1 Å². The molecule has 1 aromatic carbocycles. The van der Waals surface area contributed by atoms with Crippen LogP contribution in [0.5, 0.6) is 5.75 Å². The highest BCUT2D eigenvalue weighted by Crippen LogP contribution is 2.18. The van der Waals surface area contributed by atoms with Crippen LogP contribution in [0.2, 0.25) is 0 Å². The van der Waals surface area contributed by atoms with Crippen LogP contribution in [0.1, 0.15) is 31.7 Å². The fourth-order valence-corrected chi connectivity index (χ4v) is 2.50. The van der Waals surface area contributed by atoms with Crippen molar-refractivity contribution in [1.82, 2.24) is 4.90 Å². The van der Waals surface area contributed by atoms with E-state index in [1.807, 2.05) is 4.90 Å². The van der Waals surface area contributed by atoms with Crippen molar-refractivity contribution in [2.24, 2.45) is 5.92 Å². The van der Waals surface area contributed by atoms with Gasteiger partial charge in [0.2, 0.25) is 5.91 Å². The highest BCUT2D eigenvalue weighted by Gasteiger charge is 2.19. The number of ether oxygens (including phenoxy) is 1. The van der Waals surface area contributed by atoms with E-state index in [2.05, 4.69) is 11.7 Å². The molecule has 0 N–H and O–H groups in total. The Labute approximate surface area is 123 Å². The number of hydrogen-bond acceptors (Lipinski definition) is 2. The molecule has 0 atom stereocenters. The first-order chi connectivity index (χ1) is 10.0. The molecule has 0 radical (unpaired) electrons. The van der Waals surface area contributed by atoms with E-state index in [0.717, 1.165) is 31.5 Å². The minimum absolute atomic E-state index is 0.144. The lowest BCUT2D eigenvalue weighted by molar-refractivity contribution is -0.132. The Morgan fingerprint density at radius 1 is 1.29 bits per heavy atom. The number of aryl methyl sites for hydroxylation is 1. The third kappa shape index (κ3) is 4.99. The molecule has 0 aliphatic carbocycles. The molecule has 1 aliphatic rings. The molecule has 5 heteroatoms. The number of hydrogen-bond donors (Lipinski definition) is 0. The smallest absolute Gasteiger partial charge is 0.387 e. The molecule has 1 aromatic rings. The van der Waals surface area contributed by atoms with Gasteiger partial charge in [-0.05, 0) is 42.9 Å². The highest BCUT2D eigenvalue weighted by atomic mass is 19.3. The van der Waals surface area contributed by atoms with Gasteiger partial charge in [-0.1, -0.05) is 19.1 Å². The van der Waals surface area contributed by atoms with E-state index in [0.29, 0.717) is 18.8 Å². The van der Waals surface area contributed by atoms with Crippen LogP contribution >= 0.6 is 0 Å². The minimum Gasteiger partial charge on any atom is -0.435 e. The second kappa shape index (κ2) is 7.38. The molecule has 1 saturated heterocycles. The topological polar surface area (TPSA) is 29.5 Å². The van der Waals surface area contributed by atoms with Gasteiger partial charge in [0.1, 0.15) is 5.75 Å². The summed E-state index contributed by atoms with van der Waals surface area (Å²) in [5.74, 6) is 1.02. The Kier molecular flexibility index (Phi) is 5.53. The van der Waals surface area contributed by atoms with Crippen molar-refractivity contribution in [3.63, 3.8) is 0 Å². The van der Waals surface area contributed by atoms with Crippen LogP contribution < -0.4 is 4.74 Å². The summed E-state index contributed by atoms with van der Waals surface area (Å²) in [5.41, 5.74) is 0.954. The zero-order chi connectivity index (χ0) is 15.2. The Balaban J connectivity index is 1.78. The van der Waals surface area contributed by atoms with Gasteiger partial charge in [-0.25, -0.2) is 0 Å². The van der Waals surface area contributed by atoms with Gasteiger partial charge in [0.25, 0.3) is 0 Å². The molecular formula is C16H21F2NO2. The van der Waals surface area contributed by atoms with Crippen molar-refractivity contribution in [2.45, 2.75) is 39.2 Å². The van der Waals surface area contributed by atoms with Crippen LogP contribution in [0.4, 0.5) is 8.78 Å². The maximum Gasteiger partial charge on any atom is 0.387 e. The van der Waals surface area contributed by atoms with Crippen molar-refractivity contribution in [1.29, 1.82) is 0 Å². The predicted octanol–water partition coefficient (Wildman–Crippen LogP) is 3.48. The molecular weight excluding hydrogens is 276 g/mol. The molecule has 0 unspecified atom stereocenters. The van der Waals surface area contributed by atoms with Gasteiger partial charge in [0.05, 0.1) is 0 Å². The molecule has 21 heavy (non-hydrogen) atoms. The number of carbonyl (C=O) groups excluding carboxylic acids is 1. The van der Waals surface area contributed by atoms with Crippen molar-refractivity contribution in [3.8, 4) is 5.75 Å². The van der Waals surface area contributed by atoms with Crippen LogP contribution in [0.3, 0.4) is 0 Å². The van der Waals surface area contributed by atoms with Crippen molar-refractivity contribution in [3.05, 3.63) is 29.8 Å². The summed E-state index contributed by atoms with van der Waals surface area (Å²) in [6.07, 6.45) is 3.24. The van der Waals surface area contributed by atoms with Crippen LogP contribution in [0, 0.1) is 5.92 Å².